The van der Waals surface area contributed by atoms with Crippen LogP contribution in [0, 0.1) is 0 Å². The lowest BCUT2D eigenvalue weighted by atomic mass is 9.86. The highest BCUT2D eigenvalue weighted by molar-refractivity contribution is 5.99. The molecule has 5 nitrogen and oxygen atoms in total. The maximum Gasteiger partial charge on any atom is 0.251 e. The number of carbonyl (C=O) groups is 2. The molecule has 0 bridgehead atoms. The second-order valence-electron chi connectivity index (χ2n) is 12.8. The van der Waals surface area contributed by atoms with Crippen molar-refractivity contribution in [1.29, 1.82) is 0 Å². The molecule has 0 unspecified atom stereocenters. The van der Waals surface area contributed by atoms with Crippen LogP contribution in [0.5, 0.6) is 5.75 Å². The van der Waals surface area contributed by atoms with E-state index >= 15 is 0 Å². The van der Waals surface area contributed by atoms with Gasteiger partial charge in [-0.2, -0.15) is 0 Å². The maximum absolute atomic E-state index is 14.1. The van der Waals surface area contributed by atoms with Crippen molar-refractivity contribution in [2.75, 3.05) is 0 Å². The van der Waals surface area contributed by atoms with E-state index in [0.29, 0.717) is 30.3 Å². The Hall–Kier alpha value is -6.07. The minimum Gasteiger partial charge on any atom is -0.506 e. The van der Waals surface area contributed by atoms with Crippen molar-refractivity contribution in [2.24, 2.45) is 0 Å². The van der Waals surface area contributed by atoms with E-state index in [0.717, 1.165) is 39.3 Å². The number of phenolic OH excluding ortho intramolecular Hbond substituents is 1. The van der Waals surface area contributed by atoms with Crippen LogP contribution in [0.2, 0.25) is 0 Å². The summed E-state index contributed by atoms with van der Waals surface area (Å²) in [5.74, 6) is -0.0577. The van der Waals surface area contributed by atoms with E-state index in [1.807, 2.05) is 66.7 Å². The molecule has 2 N–H and O–H groups in total. The number of benzene rings is 6. The zero-order chi connectivity index (χ0) is 34.3. The van der Waals surface area contributed by atoms with Crippen molar-refractivity contribution in [2.45, 2.75) is 37.6 Å². The highest BCUT2D eigenvalue weighted by atomic mass is 16.3. The molecule has 7 aromatic rings. The molecule has 6 aromatic carbocycles. The summed E-state index contributed by atoms with van der Waals surface area (Å²) in [5, 5.41) is 16.7. The number of amides is 1. The summed E-state index contributed by atoms with van der Waals surface area (Å²) in [6.07, 6.45) is 3.87. The van der Waals surface area contributed by atoms with Crippen molar-refractivity contribution >= 4 is 33.4 Å². The standard InChI is InChI=1S/C45H38N2O3/c48-42(25-11-24-39(31-13-3-1-4-14-31)32-15-5-2-6-16-32)41(29-35-20-9-18-33-17-7-8-23-40(33)35)47-45(50)37-21-10-19-34(27-37)38-28-36-22-12-26-46-44(36)43(49)30-38/h1-10,12-23,26-28,30,39,41,49H,11,24-25,29H2,(H,47,50)/t41-/m0/s1. The van der Waals surface area contributed by atoms with Gasteiger partial charge in [0.05, 0.1) is 6.04 Å². The first-order valence-electron chi connectivity index (χ1n) is 17.1. The molecule has 0 aliphatic heterocycles. The molecular formula is C45H38N2O3. The highest BCUT2D eigenvalue weighted by Gasteiger charge is 2.24. The van der Waals surface area contributed by atoms with Crippen LogP contribution in [0.3, 0.4) is 0 Å². The number of aromatic nitrogens is 1. The first-order chi connectivity index (χ1) is 24.5. The van der Waals surface area contributed by atoms with Crippen LogP contribution in [0.25, 0.3) is 32.8 Å². The first-order valence-corrected chi connectivity index (χ1v) is 17.1. The molecule has 246 valence electrons. The van der Waals surface area contributed by atoms with E-state index in [4.69, 9.17) is 0 Å². The Bertz CT molecular complexity index is 2220. The summed E-state index contributed by atoms with van der Waals surface area (Å²) >= 11 is 0. The molecule has 0 spiro atoms. The van der Waals surface area contributed by atoms with E-state index in [9.17, 15) is 14.7 Å². The normalized spacial score (nSPS) is 11.9. The van der Waals surface area contributed by atoms with Crippen molar-refractivity contribution in [3.05, 3.63) is 180 Å². The third kappa shape index (κ3) is 7.32. The predicted molar refractivity (Wildman–Crippen MR) is 201 cm³/mol. The fraction of sp³-hybridized carbons (Fsp3) is 0.133. The maximum atomic E-state index is 14.1. The Kier molecular flexibility index (Phi) is 9.74. The number of hydrogen-bond acceptors (Lipinski definition) is 4. The van der Waals surface area contributed by atoms with Gasteiger partial charge in [-0.1, -0.05) is 121 Å². The van der Waals surface area contributed by atoms with Gasteiger partial charge in [0.15, 0.2) is 5.78 Å². The van der Waals surface area contributed by atoms with E-state index < -0.39 is 6.04 Å². The molecule has 0 fully saturated rings. The minimum atomic E-state index is -0.709. The molecule has 1 heterocycles. The smallest absolute Gasteiger partial charge is 0.251 e. The van der Waals surface area contributed by atoms with Gasteiger partial charge in [-0.3, -0.25) is 14.6 Å². The lowest BCUT2D eigenvalue weighted by molar-refractivity contribution is -0.121. The van der Waals surface area contributed by atoms with Gasteiger partial charge in [-0.05, 0) is 81.8 Å². The molecule has 1 amide bonds. The third-order valence-electron chi connectivity index (χ3n) is 9.46. The molecular weight excluding hydrogens is 617 g/mol. The molecule has 5 heteroatoms. The predicted octanol–water partition coefficient (Wildman–Crippen LogP) is 9.67. The second kappa shape index (κ2) is 15.0. The fourth-order valence-corrected chi connectivity index (χ4v) is 6.91. The van der Waals surface area contributed by atoms with E-state index in [2.05, 4.69) is 77.0 Å². The van der Waals surface area contributed by atoms with Crippen LogP contribution in [0.4, 0.5) is 0 Å². The summed E-state index contributed by atoms with van der Waals surface area (Å²) in [6, 6.07) is 49.0. The van der Waals surface area contributed by atoms with Crippen LogP contribution in [-0.4, -0.2) is 27.8 Å². The summed E-state index contributed by atoms with van der Waals surface area (Å²) in [4.78, 5) is 32.3. The van der Waals surface area contributed by atoms with Gasteiger partial charge in [-0.15, -0.1) is 0 Å². The van der Waals surface area contributed by atoms with E-state index in [-0.39, 0.29) is 23.4 Å². The van der Waals surface area contributed by atoms with Gasteiger partial charge in [0, 0.05) is 35.9 Å². The molecule has 0 radical (unpaired) electrons. The lowest BCUT2D eigenvalue weighted by Gasteiger charge is -2.21. The number of fused-ring (bicyclic) bond motifs is 2. The summed E-state index contributed by atoms with van der Waals surface area (Å²) < 4.78 is 0. The van der Waals surface area contributed by atoms with Crippen LogP contribution < -0.4 is 5.32 Å². The van der Waals surface area contributed by atoms with Crippen LogP contribution in [0.1, 0.15) is 52.2 Å². The topological polar surface area (TPSA) is 79.3 Å². The van der Waals surface area contributed by atoms with Gasteiger partial charge >= 0.3 is 0 Å². The van der Waals surface area contributed by atoms with Gasteiger partial charge in [0.25, 0.3) is 5.91 Å². The molecule has 0 aliphatic rings. The average molecular weight is 655 g/mol. The Morgan fingerprint density at radius 2 is 1.34 bits per heavy atom. The van der Waals surface area contributed by atoms with Crippen molar-refractivity contribution < 1.29 is 14.7 Å². The number of carbonyl (C=O) groups excluding carboxylic acids is 2. The summed E-state index contributed by atoms with van der Waals surface area (Å²) in [6.45, 7) is 0. The lowest BCUT2D eigenvalue weighted by Crippen LogP contribution is -2.42. The minimum absolute atomic E-state index is 0.00858. The number of nitrogens with zero attached hydrogens (tertiary/aromatic N) is 1. The van der Waals surface area contributed by atoms with Gasteiger partial charge in [0.2, 0.25) is 0 Å². The number of aromatic hydroxyl groups is 1. The number of hydrogen-bond donors (Lipinski definition) is 2. The SMILES string of the molecule is O=C(N[C@@H](Cc1cccc2ccccc12)C(=O)CCCC(c1ccccc1)c1ccccc1)c1cccc(-c2cc(O)c3ncccc3c2)c1. The zero-order valence-electron chi connectivity index (χ0n) is 27.7. The monoisotopic (exact) mass is 654 g/mol. The Morgan fingerprint density at radius 3 is 2.12 bits per heavy atom. The van der Waals surface area contributed by atoms with Crippen molar-refractivity contribution in [3.8, 4) is 16.9 Å². The van der Waals surface area contributed by atoms with Crippen LogP contribution >= 0.6 is 0 Å². The number of ketones is 1. The molecule has 0 aliphatic carbocycles. The number of nitrogens with one attached hydrogen (secondary N) is 1. The van der Waals surface area contributed by atoms with Crippen LogP contribution in [0.15, 0.2) is 158 Å². The molecule has 0 saturated carbocycles. The molecule has 0 saturated heterocycles. The van der Waals surface area contributed by atoms with Gasteiger partial charge < -0.3 is 10.4 Å². The quantitative estimate of drug-likeness (QED) is 0.138. The third-order valence-corrected chi connectivity index (χ3v) is 9.46. The molecule has 7 rings (SSSR count). The molecule has 50 heavy (non-hydrogen) atoms. The van der Waals surface area contributed by atoms with Gasteiger partial charge in [0.1, 0.15) is 11.3 Å². The Morgan fingerprint density at radius 1 is 0.660 bits per heavy atom. The zero-order valence-corrected chi connectivity index (χ0v) is 27.7. The van der Waals surface area contributed by atoms with Gasteiger partial charge in [-0.25, -0.2) is 0 Å². The largest absolute Gasteiger partial charge is 0.506 e. The van der Waals surface area contributed by atoms with E-state index in [1.54, 1.807) is 24.4 Å². The molecule has 1 atom stereocenters. The van der Waals surface area contributed by atoms with Crippen molar-refractivity contribution in [3.63, 3.8) is 0 Å². The number of pyridine rings is 1. The second-order valence-corrected chi connectivity index (χ2v) is 12.8. The fourth-order valence-electron chi connectivity index (χ4n) is 6.91. The summed E-state index contributed by atoms with van der Waals surface area (Å²) in [7, 11) is 0. The van der Waals surface area contributed by atoms with Crippen molar-refractivity contribution in [1.82, 2.24) is 10.3 Å². The highest BCUT2D eigenvalue weighted by Crippen LogP contribution is 2.32. The number of phenols is 1. The Balaban J connectivity index is 1.13. The Labute approximate surface area is 292 Å². The van der Waals surface area contributed by atoms with E-state index in [1.165, 1.54) is 11.1 Å². The first kappa shape index (κ1) is 32.5. The molecule has 1 aromatic heterocycles. The number of rotatable bonds is 12. The summed E-state index contributed by atoms with van der Waals surface area (Å²) in [5.41, 5.74) is 5.99. The number of Topliss-reactive ketones (excluding diaryl/α,β-unsaturated/α-hetero) is 1. The van der Waals surface area contributed by atoms with Crippen LogP contribution in [-0.2, 0) is 11.2 Å². The average Bonchev–Trinajstić information content (AvgIpc) is 3.17.